The van der Waals surface area contributed by atoms with Crippen LogP contribution in [0.4, 0.5) is 5.69 Å². The molecule has 1 aliphatic rings. The number of carbonyl (C=O) groups is 2. The number of anilines is 1. The Bertz CT molecular complexity index is 1120. The number of amides is 1. The maximum atomic E-state index is 12.8. The molecule has 0 aliphatic carbocycles. The van der Waals surface area contributed by atoms with Gasteiger partial charge in [0.1, 0.15) is 5.75 Å². The molecule has 0 saturated carbocycles. The number of hydrogen-bond donors (Lipinski definition) is 1. The number of morpholine rings is 1. The Morgan fingerprint density at radius 2 is 1.88 bits per heavy atom. The predicted molar refractivity (Wildman–Crippen MR) is 122 cm³/mol. The molecule has 0 spiro atoms. The molecule has 1 amide bonds. The van der Waals surface area contributed by atoms with Gasteiger partial charge in [0.25, 0.3) is 5.91 Å². The molecule has 0 unspecified atom stereocenters. The quantitative estimate of drug-likeness (QED) is 0.536. The van der Waals surface area contributed by atoms with Gasteiger partial charge in [-0.1, -0.05) is 29.3 Å². The summed E-state index contributed by atoms with van der Waals surface area (Å²) in [6.45, 7) is 2.09. The minimum Gasteiger partial charge on any atom is -0.480 e. The van der Waals surface area contributed by atoms with Gasteiger partial charge in [0.2, 0.25) is 10.0 Å². The van der Waals surface area contributed by atoms with E-state index in [0.29, 0.717) is 18.2 Å². The third kappa shape index (κ3) is 6.81. The number of hydrogen-bond acceptors (Lipinski definition) is 7. The summed E-state index contributed by atoms with van der Waals surface area (Å²) in [6, 6.07) is 10.4. The van der Waals surface area contributed by atoms with Crippen LogP contribution in [0.2, 0.25) is 10.0 Å². The van der Waals surface area contributed by atoms with Crippen LogP contribution >= 0.6 is 23.2 Å². The van der Waals surface area contributed by atoms with Gasteiger partial charge in [-0.2, -0.15) is 4.31 Å². The maximum absolute atomic E-state index is 12.8. The first-order valence-corrected chi connectivity index (χ1v) is 12.1. The summed E-state index contributed by atoms with van der Waals surface area (Å²) >= 11 is 11.8. The first-order valence-electron chi connectivity index (χ1n) is 9.93. The summed E-state index contributed by atoms with van der Waals surface area (Å²) < 4.78 is 42.5. The molecule has 0 radical (unpaired) electrons. The van der Waals surface area contributed by atoms with Gasteiger partial charge in [0, 0.05) is 23.8 Å². The second-order valence-electron chi connectivity index (χ2n) is 7.03. The summed E-state index contributed by atoms with van der Waals surface area (Å²) in [6.07, 6.45) is -1.15. The maximum Gasteiger partial charge on any atom is 0.344 e. The van der Waals surface area contributed by atoms with Crippen LogP contribution in [0.15, 0.2) is 47.4 Å². The minimum absolute atomic E-state index is 0.0418. The third-order valence-electron chi connectivity index (χ3n) is 4.63. The molecule has 1 aliphatic heterocycles. The van der Waals surface area contributed by atoms with Gasteiger partial charge in [-0.15, -0.1) is 0 Å². The van der Waals surface area contributed by atoms with E-state index < -0.39 is 34.6 Å². The van der Waals surface area contributed by atoms with Gasteiger partial charge < -0.3 is 19.5 Å². The molecular weight excluding hydrogens is 495 g/mol. The average Bonchev–Trinajstić information content (AvgIpc) is 2.79. The van der Waals surface area contributed by atoms with Crippen molar-refractivity contribution in [1.82, 2.24) is 4.31 Å². The first-order chi connectivity index (χ1) is 15.7. The molecule has 1 heterocycles. The average molecular weight is 517 g/mol. The van der Waals surface area contributed by atoms with E-state index in [9.17, 15) is 18.0 Å². The van der Waals surface area contributed by atoms with Crippen molar-refractivity contribution in [2.45, 2.75) is 17.9 Å². The first kappa shape index (κ1) is 25.3. The number of sulfonamides is 1. The lowest BCUT2D eigenvalue weighted by molar-refractivity contribution is -0.155. The monoisotopic (exact) mass is 516 g/mol. The van der Waals surface area contributed by atoms with Crippen LogP contribution < -0.4 is 10.1 Å². The zero-order chi connectivity index (χ0) is 24.0. The molecule has 9 nitrogen and oxygen atoms in total. The van der Waals surface area contributed by atoms with Crippen LogP contribution in [-0.2, 0) is 29.1 Å². The molecule has 178 valence electrons. The second kappa shape index (κ2) is 11.2. The fourth-order valence-corrected chi connectivity index (χ4v) is 4.85. The van der Waals surface area contributed by atoms with Crippen molar-refractivity contribution in [3.05, 3.63) is 52.5 Å². The van der Waals surface area contributed by atoms with Crippen LogP contribution in [0, 0.1) is 0 Å². The molecule has 3 rings (SSSR count). The predicted octanol–water partition coefficient (Wildman–Crippen LogP) is 2.96. The molecule has 0 aromatic heterocycles. The minimum atomic E-state index is -3.72. The van der Waals surface area contributed by atoms with Crippen LogP contribution in [0.3, 0.4) is 0 Å². The van der Waals surface area contributed by atoms with Crippen molar-refractivity contribution in [2.75, 3.05) is 38.2 Å². The lowest BCUT2D eigenvalue weighted by Gasteiger charge is -2.26. The van der Waals surface area contributed by atoms with Crippen molar-refractivity contribution in [1.29, 1.82) is 0 Å². The van der Waals surface area contributed by atoms with Gasteiger partial charge >= 0.3 is 5.97 Å². The zero-order valence-corrected chi connectivity index (χ0v) is 20.0. The Hall–Kier alpha value is -2.37. The molecule has 1 fully saturated rings. The van der Waals surface area contributed by atoms with Gasteiger partial charge in [-0.3, -0.25) is 4.79 Å². The number of halogens is 2. The number of nitrogens with zero attached hydrogens (tertiary/aromatic N) is 1. The third-order valence-corrected chi connectivity index (χ3v) is 7.05. The fraction of sp³-hybridized carbons (Fsp3) is 0.333. The van der Waals surface area contributed by atoms with Gasteiger partial charge in [-0.25, -0.2) is 13.2 Å². The number of ether oxygens (including phenoxy) is 3. The topological polar surface area (TPSA) is 111 Å². The van der Waals surface area contributed by atoms with E-state index in [-0.39, 0.29) is 34.4 Å². The highest BCUT2D eigenvalue weighted by molar-refractivity contribution is 7.89. The van der Waals surface area contributed by atoms with Crippen LogP contribution in [-0.4, -0.2) is 63.6 Å². The Morgan fingerprint density at radius 1 is 1.15 bits per heavy atom. The Kier molecular flexibility index (Phi) is 8.55. The zero-order valence-electron chi connectivity index (χ0n) is 17.6. The molecule has 1 saturated heterocycles. The largest absolute Gasteiger partial charge is 0.480 e. The summed E-state index contributed by atoms with van der Waals surface area (Å²) in [4.78, 5) is 24.5. The van der Waals surface area contributed by atoms with E-state index in [4.69, 9.17) is 37.4 Å². The molecule has 1 N–H and O–H groups in total. The fourth-order valence-electron chi connectivity index (χ4n) is 2.93. The summed E-state index contributed by atoms with van der Waals surface area (Å²) in [7, 11) is -3.72. The van der Waals surface area contributed by atoms with Crippen molar-refractivity contribution >= 4 is 50.8 Å². The number of carbonyl (C=O) groups excluding carboxylic acids is 2. The standard InChI is InChI=1S/C21H22Cl2N2O7S/c1-14(32-20(26)13-31-19-6-5-15(22)11-18(19)23)21(27)24-16-3-2-4-17(12-16)33(28,29)25-7-9-30-10-8-25/h2-6,11-12,14H,7-10,13H2,1H3,(H,24,27)/t14-/m0/s1. The van der Waals surface area contributed by atoms with E-state index in [1.54, 1.807) is 6.07 Å². The molecule has 2 aromatic carbocycles. The number of rotatable bonds is 8. The van der Waals surface area contributed by atoms with E-state index in [0.717, 1.165) is 0 Å². The van der Waals surface area contributed by atoms with Crippen molar-refractivity contribution in [3.8, 4) is 5.75 Å². The lowest BCUT2D eigenvalue weighted by Crippen LogP contribution is -2.40. The van der Waals surface area contributed by atoms with Crippen molar-refractivity contribution < 1.29 is 32.2 Å². The van der Waals surface area contributed by atoms with Gasteiger partial charge in [0.15, 0.2) is 12.7 Å². The summed E-state index contributed by atoms with van der Waals surface area (Å²) in [5.74, 6) is -1.17. The molecule has 0 bridgehead atoms. The Balaban J connectivity index is 1.56. The van der Waals surface area contributed by atoms with Crippen LogP contribution in [0.5, 0.6) is 5.75 Å². The Labute approximate surface area is 201 Å². The molecular formula is C21H22Cl2N2O7S. The van der Waals surface area contributed by atoms with E-state index in [1.165, 1.54) is 47.6 Å². The summed E-state index contributed by atoms with van der Waals surface area (Å²) in [5, 5.41) is 3.20. The Morgan fingerprint density at radius 3 is 2.58 bits per heavy atom. The van der Waals surface area contributed by atoms with Gasteiger partial charge in [-0.05, 0) is 43.3 Å². The molecule has 2 aromatic rings. The van der Waals surface area contributed by atoms with E-state index in [2.05, 4.69) is 5.32 Å². The summed E-state index contributed by atoms with van der Waals surface area (Å²) in [5.41, 5.74) is 0.251. The van der Waals surface area contributed by atoms with Crippen LogP contribution in [0.1, 0.15) is 6.92 Å². The lowest BCUT2D eigenvalue weighted by atomic mass is 10.3. The smallest absolute Gasteiger partial charge is 0.344 e. The van der Waals surface area contributed by atoms with Crippen molar-refractivity contribution in [3.63, 3.8) is 0 Å². The highest BCUT2D eigenvalue weighted by Crippen LogP contribution is 2.27. The highest BCUT2D eigenvalue weighted by atomic mass is 35.5. The molecule has 33 heavy (non-hydrogen) atoms. The number of esters is 1. The highest BCUT2D eigenvalue weighted by Gasteiger charge is 2.27. The van der Waals surface area contributed by atoms with Crippen molar-refractivity contribution in [2.24, 2.45) is 0 Å². The molecule has 12 heteroatoms. The molecule has 1 atom stereocenters. The normalized spacial score (nSPS) is 15.5. The number of benzene rings is 2. The number of nitrogens with one attached hydrogen (secondary N) is 1. The SMILES string of the molecule is C[C@H](OC(=O)COc1ccc(Cl)cc1Cl)C(=O)Nc1cccc(S(=O)(=O)N2CCOCC2)c1. The second-order valence-corrected chi connectivity index (χ2v) is 9.81. The van der Waals surface area contributed by atoms with Crippen LogP contribution in [0.25, 0.3) is 0 Å². The van der Waals surface area contributed by atoms with E-state index in [1.807, 2.05) is 0 Å². The van der Waals surface area contributed by atoms with Gasteiger partial charge in [0.05, 0.1) is 23.1 Å². The van der Waals surface area contributed by atoms with E-state index >= 15 is 0 Å².